The third-order valence-corrected chi connectivity index (χ3v) is 4.60. The third-order valence-electron chi connectivity index (χ3n) is 4.05. The average molecular weight is 385 g/mol. The molecule has 2 atom stereocenters. The van der Waals surface area contributed by atoms with Crippen LogP contribution in [0.15, 0.2) is 18.2 Å². The van der Waals surface area contributed by atoms with Crippen LogP contribution in [-0.4, -0.2) is 63.4 Å². The van der Waals surface area contributed by atoms with Crippen LogP contribution in [-0.2, 0) is 18.3 Å². The van der Waals surface area contributed by atoms with Gasteiger partial charge in [0.25, 0.3) is 5.91 Å². The van der Waals surface area contributed by atoms with Crippen molar-refractivity contribution in [1.29, 1.82) is 0 Å². The molecular formula is C15H18Cl2N6O2. The molecule has 1 aromatic heterocycles. The van der Waals surface area contributed by atoms with Gasteiger partial charge in [0.2, 0.25) is 0 Å². The lowest BCUT2D eigenvalue weighted by molar-refractivity contribution is 0.0758. The number of methoxy groups -OCH3 is 1. The first kappa shape index (κ1) is 18.1. The summed E-state index contributed by atoms with van der Waals surface area (Å²) in [5, 5.41) is 15.8. The minimum Gasteiger partial charge on any atom is -0.378 e. The van der Waals surface area contributed by atoms with Gasteiger partial charge in [-0.15, -0.1) is 10.2 Å². The Bertz CT molecular complexity index is 768. The molecule has 1 aliphatic rings. The molecule has 0 saturated carbocycles. The third kappa shape index (κ3) is 4.27. The highest BCUT2D eigenvalue weighted by Gasteiger charge is 2.34. The number of rotatable bonds is 5. The number of tetrazole rings is 1. The molecular weight excluding hydrogens is 367 g/mol. The van der Waals surface area contributed by atoms with E-state index in [1.54, 1.807) is 32.4 Å². The van der Waals surface area contributed by atoms with E-state index >= 15 is 0 Å². The van der Waals surface area contributed by atoms with Crippen LogP contribution in [0.2, 0.25) is 10.0 Å². The molecule has 25 heavy (non-hydrogen) atoms. The lowest BCUT2D eigenvalue weighted by Gasteiger charge is -2.19. The van der Waals surface area contributed by atoms with Crippen LogP contribution in [0.5, 0.6) is 0 Å². The largest absolute Gasteiger partial charge is 0.378 e. The number of amides is 1. The van der Waals surface area contributed by atoms with Crippen LogP contribution >= 0.6 is 23.2 Å². The van der Waals surface area contributed by atoms with Crippen LogP contribution in [0.1, 0.15) is 16.2 Å². The highest BCUT2D eigenvalue weighted by Crippen LogP contribution is 2.22. The summed E-state index contributed by atoms with van der Waals surface area (Å²) in [7, 11) is 3.35. The summed E-state index contributed by atoms with van der Waals surface area (Å²) in [6, 6.07) is 4.63. The molecule has 1 aliphatic heterocycles. The predicted octanol–water partition coefficient (Wildman–Crippen LogP) is 1.15. The van der Waals surface area contributed by atoms with Crippen LogP contribution in [0, 0.1) is 0 Å². The summed E-state index contributed by atoms with van der Waals surface area (Å²) >= 11 is 12.0. The molecule has 1 aromatic carbocycles. The van der Waals surface area contributed by atoms with Crippen LogP contribution in [0.4, 0.5) is 0 Å². The molecule has 2 heterocycles. The zero-order chi connectivity index (χ0) is 18.0. The first-order valence-electron chi connectivity index (χ1n) is 7.70. The number of nitrogens with zero attached hydrogens (tertiary/aromatic N) is 5. The lowest BCUT2D eigenvalue weighted by atomic mass is 10.1. The van der Waals surface area contributed by atoms with E-state index in [4.69, 9.17) is 27.9 Å². The monoisotopic (exact) mass is 384 g/mol. The molecule has 1 amide bonds. The number of likely N-dealkylation sites (tertiary alicyclic amines) is 1. The second-order valence-electron chi connectivity index (χ2n) is 5.87. The van der Waals surface area contributed by atoms with Crippen LogP contribution < -0.4 is 5.32 Å². The van der Waals surface area contributed by atoms with E-state index in [0.29, 0.717) is 41.1 Å². The van der Waals surface area contributed by atoms with Crippen molar-refractivity contribution in [2.45, 2.75) is 18.7 Å². The zero-order valence-electron chi connectivity index (χ0n) is 13.8. The Morgan fingerprint density at radius 3 is 2.84 bits per heavy atom. The number of hydrogen-bond acceptors (Lipinski definition) is 6. The van der Waals surface area contributed by atoms with E-state index in [1.807, 2.05) is 0 Å². The van der Waals surface area contributed by atoms with Gasteiger partial charge >= 0.3 is 0 Å². The summed E-state index contributed by atoms with van der Waals surface area (Å²) in [6.07, 6.45) is -0.133. The van der Waals surface area contributed by atoms with E-state index in [9.17, 15) is 4.79 Å². The van der Waals surface area contributed by atoms with Gasteiger partial charge in [-0.25, -0.2) is 0 Å². The number of halogens is 2. The number of aryl methyl sites for hydroxylation is 1. The topological polar surface area (TPSA) is 85.2 Å². The Hall–Kier alpha value is -1.74. The van der Waals surface area contributed by atoms with Crippen molar-refractivity contribution in [3.05, 3.63) is 39.6 Å². The summed E-state index contributed by atoms with van der Waals surface area (Å²) in [6.45, 7) is 1.82. The van der Waals surface area contributed by atoms with Gasteiger partial charge in [0.1, 0.15) is 0 Å². The number of hydrogen-bond donors (Lipinski definition) is 1. The van der Waals surface area contributed by atoms with Gasteiger partial charge in [-0.05, 0) is 23.4 Å². The van der Waals surface area contributed by atoms with Crippen molar-refractivity contribution in [1.82, 2.24) is 30.4 Å². The quantitative estimate of drug-likeness (QED) is 0.831. The Kier molecular flexibility index (Phi) is 5.53. The summed E-state index contributed by atoms with van der Waals surface area (Å²) < 4.78 is 5.51. The molecule has 1 fully saturated rings. The maximum Gasteiger partial charge on any atom is 0.253 e. The lowest BCUT2D eigenvalue weighted by Crippen LogP contribution is -2.43. The van der Waals surface area contributed by atoms with E-state index in [0.717, 1.165) is 0 Å². The molecule has 10 heteroatoms. The number of carbonyl (C=O) groups is 1. The number of carbonyl (C=O) groups excluding carboxylic acids is 1. The Balaban J connectivity index is 1.65. The number of ether oxygens (including phenoxy) is 1. The molecule has 3 rings (SSSR count). The van der Waals surface area contributed by atoms with Gasteiger partial charge < -0.3 is 10.1 Å². The fourth-order valence-electron chi connectivity index (χ4n) is 2.86. The molecule has 1 saturated heterocycles. The number of aromatic nitrogens is 4. The van der Waals surface area contributed by atoms with Gasteiger partial charge in [0.05, 0.1) is 36.3 Å². The fourth-order valence-corrected chi connectivity index (χ4v) is 3.36. The van der Waals surface area contributed by atoms with Crippen molar-refractivity contribution in [2.75, 3.05) is 20.2 Å². The summed E-state index contributed by atoms with van der Waals surface area (Å²) in [5.41, 5.74) is 0.384. The minimum atomic E-state index is -0.256. The van der Waals surface area contributed by atoms with E-state index < -0.39 is 0 Å². The normalized spacial score (nSPS) is 20.8. The average Bonchev–Trinajstić information content (AvgIpc) is 3.13. The van der Waals surface area contributed by atoms with Crippen molar-refractivity contribution < 1.29 is 9.53 Å². The Morgan fingerprint density at radius 2 is 2.20 bits per heavy atom. The van der Waals surface area contributed by atoms with Gasteiger partial charge in [-0.1, -0.05) is 23.2 Å². The van der Waals surface area contributed by atoms with Crippen LogP contribution in [0.25, 0.3) is 0 Å². The number of nitrogens with one attached hydrogen (secondary N) is 1. The number of benzene rings is 1. The second kappa shape index (κ2) is 7.65. The van der Waals surface area contributed by atoms with Crippen LogP contribution in [0.3, 0.4) is 0 Å². The molecule has 8 nitrogen and oxygen atoms in total. The second-order valence-corrected chi connectivity index (χ2v) is 6.71. The van der Waals surface area contributed by atoms with Crippen molar-refractivity contribution in [2.24, 2.45) is 7.05 Å². The Labute approximate surface area is 155 Å². The summed E-state index contributed by atoms with van der Waals surface area (Å²) in [4.78, 5) is 16.0. The van der Waals surface area contributed by atoms with Gasteiger partial charge in [0, 0.05) is 25.2 Å². The molecule has 0 unspecified atom stereocenters. The SMILES string of the molecule is CO[C@@H]1CN(Cc2nnn(C)n2)C[C@H]1NC(=O)c1ccc(Cl)cc1Cl. The fraction of sp³-hybridized carbons (Fsp3) is 0.467. The van der Waals surface area contributed by atoms with Gasteiger partial charge in [0.15, 0.2) is 5.82 Å². The molecule has 134 valence electrons. The van der Waals surface area contributed by atoms with E-state index in [-0.39, 0.29) is 18.1 Å². The van der Waals surface area contributed by atoms with Gasteiger partial charge in [-0.3, -0.25) is 9.69 Å². The summed E-state index contributed by atoms with van der Waals surface area (Å²) in [5.74, 6) is 0.373. The standard InChI is InChI=1S/C15H18Cl2N6O2/c1-22-20-14(19-21-22)8-23-6-12(13(7-23)25-2)18-15(24)10-4-3-9(16)5-11(10)17/h3-5,12-13H,6-8H2,1-2H3,(H,18,24)/t12-,13-/m1/s1. The van der Waals surface area contributed by atoms with Crippen molar-refractivity contribution in [3.8, 4) is 0 Å². The molecule has 0 bridgehead atoms. The van der Waals surface area contributed by atoms with E-state index in [2.05, 4.69) is 25.6 Å². The zero-order valence-corrected chi connectivity index (χ0v) is 15.3. The first-order chi connectivity index (χ1) is 12.0. The minimum absolute atomic E-state index is 0.133. The van der Waals surface area contributed by atoms with Crippen molar-refractivity contribution in [3.63, 3.8) is 0 Å². The van der Waals surface area contributed by atoms with Gasteiger partial charge in [-0.2, -0.15) is 4.80 Å². The van der Waals surface area contributed by atoms with E-state index in [1.165, 1.54) is 4.80 Å². The molecule has 1 N–H and O–H groups in total. The predicted molar refractivity (Wildman–Crippen MR) is 92.6 cm³/mol. The maximum atomic E-state index is 12.5. The first-order valence-corrected chi connectivity index (χ1v) is 8.46. The molecule has 0 radical (unpaired) electrons. The smallest absolute Gasteiger partial charge is 0.253 e. The molecule has 0 spiro atoms. The highest BCUT2D eigenvalue weighted by molar-refractivity contribution is 6.36. The molecule has 2 aromatic rings. The van der Waals surface area contributed by atoms with Crippen molar-refractivity contribution >= 4 is 29.1 Å². The molecule has 0 aliphatic carbocycles. The highest BCUT2D eigenvalue weighted by atomic mass is 35.5. The Morgan fingerprint density at radius 1 is 1.40 bits per heavy atom. The maximum absolute atomic E-state index is 12.5.